The molecule has 0 saturated carbocycles. The number of benzene rings is 2. The third-order valence-electron chi connectivity index (χ3n) is 4.11. The molecule has 5 nitrogen and oxygen atoms in total. The molecule has 6 heteroatoms. The first-order valence-corrected chi connectivity index (χ1v) is 7.92. The van der Waals surface area contributed by atoms with Crippen LogP contribution in [0, 0.1) is 5.82 Å². The van der Waals surface area contributed by atoms with E-state index >= 15 is 0 Å². The van der Waals surface area contributed by atoms with Crippen LogP contribution in [-0.2, 0) is 15.0 Å². The van der Waals surface area contributed by atoms with Crippen molar-refractivity contribution in [2.45, 2.75) is 18.8 Å². The second-order valence-corrected chi connectivity index (χ2v) is 5.63. The van der Waals surface area contributed by atoms with Crippen LogP contribution in [0.2, 0.25) is 0 Å². The van der Waals surface area contributed by atoms with Crippen LogP contribution in [0.5, 0.6) is 5.75 Å². The summed E-state index contributed by atoms with van der Waals surface area (Å²) in [4.78, 5) is 23.9. The summed E-state index contributed by atoms with van der Waals surface area (Å²) in [6.07, 6.45) is 0.325. The van der Waals surface area contributed by atoms with Gasteiger partial charge in [-0.05, 0) is 36.2 Å². The quantitative estimate of drug-likeness (QED) is 0.771. The Morgan fingerprint density at radius 2 is 1.76 bits per heavy atom. The minimum absolute atomic E-state index is 0.0472. The fraction of sp³-hybridized carbons (Fsp3) is 0.263. The fourth-order valence-corrected chi connectivity index (χ4v) is 2.52. The van der Waals surface area contributed by atoms with Crippen LogP contribution in [-0.4, -0.2) is 30.1 Å². The predicted octanol–water partition coefficient (Wildman–Crippen LogP) is 2.75. The average Bonchev–Trinajstić information content (AvgIpc) is 2.63. The Labute approximate surface area is 145 Å². The molecule has 2 rings (SSSR count). The summed E-state index contributed by atoms with van der Waals surface area (Å²) in [5.74, 6) is -1.48. The van der Waals surface area contributed by atoms with E-state index < -0.39 is 23.1 Å². The van der Waals surface area contributed by atoms with E-state index in [4.69, 9.17) is 4.74 Å². The third-order valence-corrected chi connectivity index (χ3v) is 4.11. The lowest BCUT2D eigenvalue weighted by Gasteiger charge is -2.29. The highest BCUT2D eigenvalue weighted by Gasteiger charge is 2.38. The number of carboxylic acid groups (broad SMARTS) is 1. The summed E-state index contributed by atoms with van der Waals surface area (Å²) >= 11 is 0. The van der Waals surface area contributed by atoms with E-state index in [0.717, 1.165) is 0 Å². The van der Waals surface area contributed by atoms with E-state index in [1.807, 2.05) is 0 Å². The van der Waals surface area contributed by atoms with Crippen LogP contribution < -0.4 is 10.1 Å². The van der Waals surface area contributed by atoms with Crippen molar-refractivity contribution in [3.8, 4) is 5.75 Å². The normalized spacial score (nSPS) is 12.9. The highest BCUT2D eigenvalue weighted by atomic mass is 19.1. The molecule has 0 aromatic heterocycles. The molecule has 2 aromatic rings. The Morgan fingerprint density at radius 3 is 2.32 bits per heavy atom. The molecule has 2 N–H and O–H groups in total. The average molecular weight is 345 g/mol. The lowest BCUT2D eigenvalue weighted by atomic mass is 9.78. The van der Waals surface area contributed by atoms with Crippen molar-refractivity contribution in [2.75, 3.05) is 13.2 Å². The maximum absolute atomic E-state index is 12.8. The highest BCUT2D eigenvalue weighted by Crippen LogP contribution is 2.27. The maximum Gasteiger partial charge on any atom is 0.315 e. The first-order chi connectivity index (χ1) is 12.0. The van der Waals surface area contributed by atoms with Crippen LogP contribution in [0.15, 0.2) is 54.6 Å². The number of rotatable bonds is 8. The minimum atomic E-state index is -1.20. The molecule has 0 saturated heterocycles. The van der Waals surface area contributed by atoms with Crippen molar-refractivity contribution in [2.24, 2.45) is 0 Å². The lowest BCUT2D eigenvalue weighted by molar-refractivity contribution is -0.144. The van der Waals surface area contributed by atoms with Crippen molar-refractivity contribution < 1.29 is 23.8 Å². The number of hydrogen-bond donors (Lipinski definition) is 2. The van der Waals surface area contributed by atoms with E-state index in [0.29, 0.717) is 17.7 Å². The van der Waals surface area contributed by atoms with Gasteiger partial charge < -0.3 is 15.2 Å². The van der Waals surface area contributed by atoms with Gasteiger partial charge in [0.2, 0.25) is 0 Å². The van der Waals surface area contributed by atoms with Gasteiger partial charge in [-0.2, -0.15) is 0 Å². The van der Waals surface area contributed by atoms with Crippen molar-refractivity contribution in [1.29, 1.82) is 0 Å². The second kappa shape index (κ2) is 8.28. The molecule has 0 radical (unpaired) electrons. The van der Waals surface area contributed by atoms with Gasteiger partial charge in [-0.25, -0.2) is 4.39 Å². The van der Waals surface area contributed by atoms with Crippen LogP contribution in [0.1, 0.15) is 18.9 Å². The van der Waals surface area contributed by atoms with Gasteiger partial charge in [0.15, 0.2) is 6.61 Å². The number of hydrogen-bond acceptors (Lipinski definition) is 3. The number of aliphatic carboxylic acids is 1. The zero-order valence-corrected chi connectivity index (χ0v) is 13.9. The molecule has 1 amide bonds. The largest absolute Gasteiger partial charge is 0.484 e. The molecule has 0 aliphatic rings. The van der Waals surface area contributed by atoms with Crippen LogP contribution in [0.3, 0.4) is 0 Å². The summed E-state index contributed by atoms with van der Waals surface area (Å²) in [7, 11) is 0. The zero-order chi connectivity index (χ0) is 18.3. The van der Waals surface area contributed by atoms with Gasteiger partial charge >= 0.3 is 5.97 Å². The van der Waals surface area contributed by atoms with Gasteiger partial charge in [-0.15, -0.1) is 0 Å². The Hall–Kier alpha value is -2.89. The number of halogens is 1. The third kappa shape index (κ3) is 4.56. The van der Waals surface area contributed by atoms with Gasteiger partial charge in [0, 0.05) is 6.54 Å². The van der Waals surface area contributed by atoms with Crippen LogP contribution in [0.4, 0.5) is 4.39 Å². The number of nitrogens with one attached hydrogen (secondary N) is 1. The molecule has 2 aromatic carbocycles. The van der Waals surface area contributed by atoms with Gasteiger partial charge in [-0.3, -0.25) is 9.59 Å². The first kappa shape index (κ1) is 18.4. The Morgan fingerprint density at radius 1 is 1.12 bits per heavy atom. The molecular weight excluding hydrogens is 325 g/mol. The van der Waals surface area contributed by atoms with E-state index in [9.17, 15) is 19.1 Å². The minimum Gasteiger partial charge on any atom is -0.484 e. The first-order valence-electron chi connectivity index (χ1n) is 7.92. The molecule has 1 atom stereocenters. The smallest absolute Gasteiger partial charge is 0.315 e. The molecule has 0 spiro atoms. The summed E-state index contributed by atoms with van der Waals surface area (Å²) in [6.45, 7) is 1.44. The van der Waals surface area contributed by atoms with E-state index in [-0.39, 0.29) is 13.2 Å². The van der Waals surface area contributed by atoms with Gasteiger partial charge in [0.05, 0.1) is 0 Å². The van der Waals surface area contributed by atoms with Crippen molar-refractivity contribution in [1.82, 2.24) is 5.32 Å². The van der Waals surface area contributed by atoms with Crippen molar-refractivity contribution >= 4 is 11.9 Å². The molecule has 132 valence electrons. The number of carbonyl (C=O) groups is 2. The summed E-state index contributed by atoms with van der Waals surface area (Å²) in [5, 5.41) is 12.3. The zero-order valence-electron chi connectivity index (χ0n) is 13.9. The van der Waals surface area contributed by atoms with E-state index in [2.05, 4.69) is 5.32 Å². The lowest BCUT2D eigenvalue weighted by Crippen LogP contribution is -2.47. The number of amides is 1. The maximum atomic E-state index is 12.8. The molecule has 25 heavy (non-hydrogen) atoms. The van der Waals surface area contributed by atoms with Gasteiger partial charge in [0.25, 0.3) is 5.91 Å². The molecule has 1 unspecified atom stereocenters. The Bertz CT molecular complexity index is 718. The number of carbonyl (C=O) groups excluding carboxylic acids is 1. The molecular formula is C19H20FNO4. The fourth-order valence-electron chi connectivity index (χ4n) is 2.52. The van der Waals surface area contributed by atoms with E-state index in [1.165, 1.54) is 24.3 Å². The summed E-state index contributed by atoms with van der Waals surface area (Å²) in [6, 6.07) is 14.1. The molecule has 0 aliphatic heterocycles. The van der Waals surface area contributed by atoms with Gasteiger partial charge in [0.1, 0.15) is 17.0 Å². The van der Waals surface area contributed by atoms with Crippen LogP contribution in [0.25, 0.3) is 0 Å². The SMILES string of the molecule is CCC(CNC(=O)COc1ccc(F)cc1)(C(=O)O)c1ccccc1. The van der Waals surface area contributed by atoms with Gasteiger partial charge in [-0.1, -0.05) is 37.3 Å². The number of carboxylic acids is 1. The van der Waals surface area contributed by atoms with E-state index in [1.54, 1.807) is 37.3 Å². The topological polar surface area (TPSA) is 75.6 Å². The van der Waals surface area contributed by atoms with Crippen LogP contribution >= 0.6 is 0 Å². The monoisotopic (exact) mass is 345 g/mol. The molecule has 0 fully saturated rings. The molecule has 0 aliphatic carbocycles. The Balaban J connectivity index is 1.99. The molecule has 0 heterocycles. The highest BCUT2D eigenvalue weighted by molar-refractivity contribution is 5.84. The second-order valence-electron chi connectivity index (χ2n) is 5.63. The number of ether oxygens (including phenoxy) is 1. The standard InChI is InChI=1S/C19H20FNO4/c1-2-19(18(23)24,14-6-4-3-5-7-14)13-21-17(22)12-25-16-10-8-15(20)9-11-16/h3-11H,2,12-13H2,1H3,(H,21,22)(H,23,24). The summed E-state index contributed by atoms with van der Waals surface area (Å²) in [5.41, 5.74) is -0.572. The molecule has 0 bridgehead atoms. The summed E-state index contributed by atoms with van der Waals surface area (Å²) < 4.78 is 18.1. The Kier molecular flexibility index (Phi) is 6.11. The predicted molar refractivity (Wildman–Crippen MR) is 91.0 cm³/mol. The van der Waals surface area contributed by atoms with Crippen molar-refractivity contribution in [3.63, 3.8) is 0 Å². The van der Waals surface area contributed by atoms with Crippen molar-refractivity contribution in [3.05, 3.63) is 66.0 Å².